The molecule has 0 saturated carbocycles. The summed E-state index contributed by atoms with van der Waals surface area (Å²) in [6.07, 6.45) is 1.33. The van der Waals surface area contributed by atoms with Crippen LogP contribution in [-0.2, 0) is 4.74 Å². The highest BCUT2D eigenvalue weighted by Gasteiger charge is 2.23. The third-order valence-electron chi connectivity index (χ3n) is 2.09. The van der Waals surface area contributed by atoms with Gasteiger partial charge >= 0.3 is 0 Å². The molecule has 2 N–H and O–H groups in total. The topological polar surface area (TPSA) is 81.6 Å². The van der Waals surface area contributed by atoms with Crippen LogP contribution in [0.1, 0.15) is 10.6 Å². The molecular formula is C8H11N3O3. The first-order chi connectivity index (χ1) is 6.79. The molecular weight excluding hydrogens is 186 g/mol. The number of aromatic nitrogens is 1. The fraction of sp³-hybridized carbons (Fsp3) is 0.500. The number of morpholine rings is 1. The number of nitrogen functional groups attached to an aromatic ring is 1. The summed E-state index contributed by atoms with van der Waals surface area (Å²) in [5, 5.41) is 3.46. The zero-order valence-corrected chi connectivity index (χ0v) is 7.60. The van der Waals surface area contributed by atoms with Gasteiger partial charge in [0.2, 0.25) is 5.76 Å². The number of hydrogen-bond donors (Lipinski definition) is 1. The lowest BCUT2D eigenvalue weighted by Gasteiger charge is -2.25. The van der Waals surface area contributed by atoms with Gasteiger partial charge in [-0.25, -0.2) is 0 Å². The van der Waals surface area contributed by atoms with Crippen LogP contribution in [0.25, 0.3) is 0 Å². The van der Waals surface area contributed by atoms with E-state index >= 15 is 0 Å². The largest absolute Gasteiger partial charge is 0.394 e. The molecule has 1 amide bonds. The Balaban J connectivity index is 2.11. The highest BCUT2D eigenvalue weighted by molar-refractivity contribution is 5.96. The first kappa shape index (κ1) is 9.01. The predicted octanol–water partition coefficient (Wildman–Crippen LogP) is -0.271. The number of rotatable bonds is 1. The summed E-state index contributed by atoms with van der Waals surface area (Å²) in [6, 6.07) is 0. The minimum absolute atomic E-state index is 0.118. The fourth-order valence-corrected chi connectivity index (χ4v) is 1.32. The van der Waals surface area contributed by atoms with Gasteiger partial charge in [0.25, 0.3) is 5.91 Å². The summed E-state index contributed by atoms with van der Waals surface area (Å²) in [5.41, 5.74) is 5.79. The van der Waals surface area contributed by atoms with E-state index in [2.05, 4.69) is 5.16 Å². The molecule has 76 valence electrons. The normalized spacial score (nSPS) is 17.0. The molecule has 1 fully saturated rings. The molecule has 0 aliphatic carbocycles. The molecule has 2 rings (SSSR count). The minimum atomic E-state index is -0.219. The lowest BCUT2D eigenvalue weighted by atomic mass is 10.3. The van der Waals surface area contributed by atoms with Crippen molar-refractivity contribution in [3.05, 3.63) is 12.0 Å². The van der Waals surface area contributed by atoms with E-state index in [0.717, 1.165) is 0 Å². The van der Waals surface area contributed by atoms with Gasteiger partial charge in [0.15, 0.2) is 0 Å². The lowest BCUT2D eigenvalue weighted by molar-refractivity contribution is 0.0278. The summed E-state index contributed by atoms with van der Waals surface area (Å²) in [4.78, 5) is 13.4. The standard InChI is InChI=1S/C8H11N3O3/c9-6-5-10-14-7(6)8(12)11-1-3-13-4-2-11/h5H,1-4,9H2. The summed E-state index contributed by atoms with van der Waals surface area (Å²) >= 11 is 0. The summed E-state index contributed by atoms with van der Waals surface area (Å²) in [7, 11) is 0. The molecule has 14 heavy (non-hydrogen) atoms. The van der Waals surface area contributed by atoms with Crippen LogP contribution in [0.15, 0.2) is 10.7 Å². The Morgan fingerprint density at radius 1 is 1.50 bits per heavy atom. The van der Waals surface area contributed by atoms with Crippen LogP contribution in [0.3, 0.4) is 0 Å². The van der Waals surface area contributed by atoms with Crippen molar-refractivity contribution in [2.75, 3.05) is 32.0 Å². The molecule has 6 heteroatoms. The average Bonchev–Trinajstić information content (AvgIpc) is 2.65. The maximum absolute atomic E-state index is 11.7. The smallest absolute Gasteiger partial charge is 0.294 e. The van der Waals surface area contributed by atoms with Crippen molar-refractivity contribution in [2.24, 2.45) is 0 Å². The molecule has 0 bridgehead atoms. The Morgan fingerprint density at radius 3 is 2.79 bits per heavy atom. The van der Waals surface area contributed by atoms with Crippen LogP contribution in [-0.4, -0.2) is 42.3 Å². The van der Waals surface area contributed by atoms with Crippen LogP contribution in [0, 0.1) is 0 Å². The second-order valence-electron chi connectivity index (χ2n) is 3.01. The highest BCUT2D eigenvalue weighted by Crippen LogP contribution is 2.13. The van der Waals surface area contributed by atoms with Crippen LogP contribution in [0.5, 0.6) is 0 Å². The quantitative estimate of drug-likeness (QED) is 0.670. The van der Waals surface area contributed by atoms with E-state index < -0.39 is 0 Å². The van der Waals surface area contributed by atoms with Crippen LogP contribution >= 0.6 is 0 Å². The molecule has 6 nitrogen and oxygen atoms in total. The number of amides is 1. The molecule has 0 radical (unpaired) electrons. The Hall–Kier alpha value is -1.56. The van der Waals surface area contributed by atoms with Gasteiger partial charge in [-0.3, -0.25) is 4.79 Å². The van der Waals surface area contributed by atoms with Gasteiger partial charge in [-0.15, -0.1) is 0 Å². The number of ether oxygens (including phenoxy) is 1. The van der Waals surface area contributed by atoms with Crippen molar-refractivity contribution in [1.29, 1.82) is 0 Å². The lowest BCUT2D eigenvalue weighted by Crippen LogP contribution is -2.40. The van der Waals surface area contributed by atoms with E-state index in [1.165, 1.54) is 6.20 Å². The molecule has 0 unspecified atom stereocenters. The van der Waals surface area contributed by atoms with Gasteiger partial charge < -0.3 is 19.9 Å². The molecule has 0 atom stereocenters. The van der Waals surface area contributed by atoms with Gasteiger partial charge in [-0.2, -0.15) is 0 Å². The number of carbonyl (C=O) groups is 1. The Kier molecular flexibility index (Phi) is 2.36. The van der Waals surface area contributed by atoms with E-state index in [1.54, 1.807) is 4.90 Å². The van der Waals surface area contributed by atoms with E-state index in [-0.39, 0.29) is 17.4 Å². The molecule has 1 aromatic heterocycles. The monoisotopic (exact) mass is 197 g/mol. The van der Waals surface area contributed by atoms with Gasteiger partial charge in [0.05, 0.1) is 19.4 Å². The van der Waals surface area contributed by atoms with Gasteiger partial charge in [-0.05, 0) is 0 Å². The molecule has 0 spiro atoms. The summed E-state index contributed by atoms with van der Waals surface area (Å²) in [6.45, 7) is 2.25. The second kappa shape index (κ2) is 3.67. The van der Waals surface area contributed by atoms with E-state index in [9.17, 15) is 4.79 Å². The Morgan fingerprint density at radius 2 is 2.21 bits per heavy atom. The fourth-order valence-electron chi connectivity index (χ4n) is 1.32. The third kappa shape index (κ3) is 1.56. The van der Waals surface area contributed by atoms with Crippen molar-refractivity contribution in [3.63, 3.8) is 0 Å². The molecule has 1 aliphatic heterocycles. The maximum Gasteiger partial charge on any atom is 0.294 e. The summed E-state index contributed by atoms with van der Waals surface area (Å²) < 4.78 is 9.90. The minimum Gasteiger partial charge on any atom is -0.394 e. The van der Waals surface area contributed by atoms with Crippen molar-refractivity contribution in [2.45, 2.75) is 0 Å². The molecule has 0 aromatic carbocycles. The van der Waals surface area contributed by atoms with E-state index in [0.29, 0.717) is 26.3 Å². The number of nitrogens with two attached hydrogens (primary N) is 1. The van der Waals surface area contributed by atoms with E-state index in [1.807, 2.05) is 0 Å². The number of hydrogen-bond acceptors (Lipinski definition) is 5. The third-order valence-corrected chi connectivity index (χ3v) is 2.09. The van der Waals surface area contributed by atoms with E-state index in [4.69, 9.17) is 15.0 Å². The first-order valence-corrected chi connectivity index (χ1v) is 4.36. The van der Waals surface area contributed by atoms with Crippen LogP contribution < -0.4 is 5.73 Å². The van der Waals surface area contributed by atoms with Crippen LogP contribution in [0.2, 0.25) is 0 Å². The number of anilines is 1. The zero-order valence-electron chi connectivity index (χ0n) is 7.60. The van der Waals surface area contributed by atoms with Crippen molar-refractivity contribution < 1.29 is 14.1 Å². The van der Waals surface area contributed by atoms with Gasteiger partial charge in [0, 0.05) is 13.1 Å². The van der Waals surface area contributed by atoms with Gasteiger partial charge in [-0.1, -0.05) is 5.16 Å². The highest BCUT2D eigenvalue weighted by atomic mass is 16.5. The predicted molar refractivity (Wildman–Crippen MR) is 47.6 cm³/mol. The van der Waals surface area contributed by atoms with Gasteiger partial charge in [0.1, 0.15) is 5.69 Å². The molecule has 2 heterocycles. The Bertz CT molecular complexity index is 330. The zero-order chi connectivity index (χ0) is 9.97. The van der Waals surface area contributed by atoms with Crippen molar-refractivity contribution >= 4 is 11.6 Å². The van der Waals surface area contributed by atoms with Crippen molar-refractivity contribution in [1.82, 2.24) is 10.1 Å². The SMILES string of the molecule is Nc1cnoc1C(=O)N1CCOCC1. The maximum atomic E-state index is 11.7. The number of carbonyl (C=O) groups excluding carboxylic acids is 1. The number of nitrogens with zero attached hydrogens (tertiary/aromatic N) is 2. The Labute approximate surface area is 80.6 Å². The first-order valence-electron chi connectivity index (χ1n) is 4.36. The molecule has 1 aliphatic rings. The van der Waals surface area contributed by atoms with Crippen LogP contribution in [0.4, 0.5) is 5.69 Å². The second-order valence-corrected chi connectivity index (χ2v) is 3.01. The molecule has 1 saturated heterocycles. The molecule has 1 aromatic rings. The van der Waals surface area contributed by atoms with Crippen molar-refractivity contribution in [3.8, 4) is 0 Å². The summed E-state index contributed by atoms with van der Waals surface area (Å²) in [5.74, 6) is -0.102. The average molecular weight is 197 g/mol.